The molecule has 1 aliphatic carbocycles. The maximum Gasteiger partial charge on any atom is 0.253 e. The van der Waals surface area contributed by atoms with Gasteiger partial charge in [0.05, 0.1) is 0 Å². The summed E-state index contributed by atoms with van der Waals surface area (Å²) < 4.78 is 0. The molecule has 0 spiro atoms. The van der Waals surface area contributed by atoms with Gasteiger partial charge < -0.3 is 0 Å². The maximum atomic E-state index is 11.5. The molecule has 0 unspecified atom stereocenters. The highest BCUT2D eigenvalue weighted by atomic mass is 35.5. The first-order valence-corrected chi connectivity index (χ1v) is 6.48. The normalized spacial score (nSPS) is 11.9. The van der Waals surface area contributed by atoms with Crippen LogP contribution in [0.4, 0.5) is 0 Å². The third-order valence-electron chi connectivity index (χ3n) is 3.34. The molecular weight excluding hydrogens is 283 g/mol. The van der Waals surface area contributed by atoms with Gasteiger partial charge in [-0.2, -0.15) is 0 Å². The molecule has 1 aliphatic rings. The second-order valence-electron chi connectivity index (χ2n) is 4.44. The number of carbonyl (C=O) groups is 2. The van der Waals surface area contributed by atoms with E-state index in [0.29, 0.717) is 17.5 Å². The number of fused-ring (bicyclic) bond motifs is 3. The van der Waals surface area contributed by atoms with Gasteiger partial charge in [-0.3, -0.25) is 9.59 Å². The van der Waals surface area contributed by atoms with Crippen LogP contribution in [0.2, 0.25) is 0 Å². The van der Waals surface area contributed by atoms with Crippen molar-refractivity contribution in [3.8, 4) is 11.1 Å². The molecule has 0 saturated carbocycles. The van der Waals surface area contributed by atoms with Gasteiger partial charge in [0.1, 0.15) is 0 Å². The molecular formula is C15H8Cl2O2. The summed E-state index contributed by atoms with van der Waals surface area (Å²) in [5.41, 5.74) is 4.81. The van der Waals surface area contributed by atoms with Gasteiger partial charge in [0, 0.05) is 11.1 Å². The van der Waals surface area contributed by atoms with Crippen molar-refractivity contribution in [2.75, 3.05) is 0 Å². The van der Waals surface area contributed by atoms with Crippen molar-refractivity contribution in [1.82, 2.24) is 0 Å². The minimum Gasteiger partial charge on any atom is -0.276 e. The number of hydrogen-bond donors (Lipinski definition) is 0. The Morgan fingerprint density at radius 2 is 1.74 bits per heavy atom. The Morgan fingerprint density at radius 3 is 2.42 bits per heavy atom. The van der Waals surface area contributed by atoms with Gasteiger partial charge in [0.25, 0.3) is 10.5 Å². The van der Waals surface area contributed by atoms with Crippen molar-refractivity contribution in [3.05, 3.63) is 58.7 Å². The highest BCUT2D eigenvalue weighted by Crippen LogP contribution is 2.39. The van der Waals surface area contributed by atoms with E-state index in [0.717, 1.165) is 22.3 Å². The third-order valence-corrected chi connectivity index (χ3v) is 3.77. The molecule has 0 amide bonds. The summed E-state index contributed by atoms with van der Waals surface area (Å²) in [6, 6.07) is 10.7. The number of carbonyl (C=O) groups excluding carboxylic acids is 2. The van der Waals surface area contributed by atoms with E-state index in [2.05, 4.69) is 0 Å². The van der Waals surface area contributed by atoms with Crippen LogP contribution in [0.15, 0.2) is 36.4 Å². The van der Waals surface area contributed by atoms with E-state index < -0.39 is 10.5 Å². The summed E-state index contributed by atoms with van der Waals surface area (Å²) in [5.74, 6) is 0. The minimum absolute atomic E-state index is 0.465. The van der Waals surface area contributed by atoms with Crippen LogP contribution in [-0.2, 0) is 6.42 Å². The summed E-state index contributed by atoms with van der Waals surface area (Å²) in [7, 11) is 0. The van der Waals surface area contributed by atoms with Crippen LogP contribution in [0.5, 0.6) is 0 Å². The lowest BCUT2D eigenvalue weighted by molar-refractivity contribution is 0.107. The summed E-state index contributed by atoms with van der Waals surface area (Å²) in [4.78, 5) is 22.7. The molecule has 2 aromatic rings. The van der Waals surface area contributed by atoms with Gasteiger partial charge >= 0.3 is 0 Å². The van der Waals surface area contributed by atoms with Gasteiger partial charge in [0.2, 0.25) is 0 Å². The number of hydrogen-bond acceptors (Lipinski definition) is 2. The molecule has 4 heteroatoms. The van der Waals surface area contributed by atoms with Crippen molar-refractivity contribution >= 4 is 33.7 Å². The zero-order valence-electron chi connectivity index (χ0n) is 9.74. The topological polar surface area (TPSA) is 34.1 Å². The molecule has 0 N–H and O–H groups in total. The van der Waals surface area contributed by atoms with E-state index in [1.165, 1.54) is 0 Å². The molecule has 3 rings (SSSR count). The molecule has 0 aliphatic heterocycles. The van der Waals surface area contributed by atoms with Crippen LogP contribution < -0.4 is 0 Å². The largest absolute Gasteiger partial charge is 0.276 e. The molecule has 0 radical (unpaired) electrons. The van der Waals surface area contributed by atoms with E-state index >= 15 is 0 Å². The van der Waals surface area contributed by atoms with E-state index in [1.807, 2.05) is 18.2 Å². The summed E-state index contributed by atoms with van der Waals surface area (Å²) in [6.45, 7) is 0. The average molecular weight is 291 g/mol. The zero-order chi connectivity index (χ0) is 13.6. The zero-order valence-corrected chi connectivity index (χ0v) is 11.3. The molecule has 2 nitrogen and oxygen atoms in total. The summed E-state index contributed by atoms with van der Waals surface area (Å²) in [6.07, 6.45) is 0.681. The predicted molar refractivity (Wildman–Crippen MR) is 75.1 cm³/mol. The smallest absolute Gasteiger partial charge is 0.253 e. The Kier molecular flexibility index (Phi) is 2.92. The first-order chi connectivity index (χ1) is 9.08. The Bertz CT molecular complexity index is 720. The molecule has 0 bridgehead atoms. The van der Waals surface area contributed by atoms with Crippen molar-refractivity contribution in [2.45, 2.75) is 6.42 Å². The highest BCUT2D eigenvalue weighted by molar-refractivity contribution is 6.68. The van der Waals surface area contributed by atoms with Crippen LogP contribution >= 0.6 is 23.2 Å². The van der Waals surface area contributed by atoms with Gasteiger partial charge in [-0.1, -0.05) is 18.2 Å². The second-order valence-corrected chi connectivity index (χ2v) is 5.12. The number of benzene rings is 2. The summed E-state index contributed by atoms with van der Waals surface area (Å²) >= 11 is 11.1. The van der Waals surface area contributed by atoms with Crippen molar-refractivity contribution < 1.29 is 9.59 Å². The quantitative estimate of drug-likeness (QED) is 0.668. The second kappa shape index (κ2) is 4.48. The minimum atomic E-state index is -0.479. The van der Waals surface area contributed by atoms with Crippen LogP contribution in [0.25, 0.3) is 11.1 Å². The van der Waals surface area contributed by atoms with Crippen LogP contribution in [0.1, 0.15) is 31.8 Å². The van der Waals surface area contributed by atoms with E-state index in [1.54, 1.807) is 18.2 Å². The standard InChI is InChI=1S/C15H8Cl2O2/c16-14(18)9-4-5-11-10(7-9)6-8-2-1-3-12(13(8)11)15(17)19/h1-5,7H,6H2. The van der Waals surface area contributed by atoms with Crippen LogP contribution in [-0.4, -0.2) is 10.5 Å². The average Bonchev–Trinajstić information content (AvgIpc) is 2.75. The number of rotatable bonds is 2. The van der Waals surface area contributed by atoms with E-state index in [4.69, 9.17) is 23.2 Å². The maximum absolute atomic E-state index is 11.5. The number of halogens is 2. The molecule has 19 heavy (non-hydrogen) atoms. The molecule has 0 saturated heterocycles. The fourth-order valence-electron chi connectivity index (χ4n) is 2.54. The van der Waals surface area contributed by atoms with Crippen LogP contribution in [0.3, 0.4) is 0 Å². The lowest BCUT2D eigenvalue weighted by Crippen LogP contribution is -1.94. The monoisotopic (exact) mass is 290 g/mol. The predicted octanol–water partition coefficient (Wildman–Crippen LogP) is 4.02. The first-order valence-electron chi connectivity index (χ1n) is 5.73. The van der Waals surface area contributed by atoms with E-state index in [9.17, 15) is 9.59 Å². The van der Waals surface area contributed by atoms with Gasteiger partial charge in [-0.25, -0.2) is 0 Å². The molecule has 0 atom stereocenters. The van der Waals surface area contributed by atoms with Crippen molar-refractivity contribution in [1.29, 1.82) is 0 Å². The summed E-state index contributed by atoms with van der Waals surface area (Å²) in [5, 5.41) is -0.949. The Morgan fingerprint density at radius 1 is 0.947 bits per heavy atom. The molecule has 0 heterocycles. The van der Waals surface area contributed by atoms with Gasteiger partial charge in [-0.15, -0.1) is 0 Å². The Balaban J connectivity index is 2.23. The van der Waals surface area contributed by atoms with Crippen molar-refractivity contribution in [2.24, 2.45) is 0 Å². The fraction of sp³-hybridized carbons (Fsp3) is 0.0667. The van der Waals surface area contributed by atoms with Crippen molar-refractivity contribution in [3.63, 3.8) is 0 Å². The fourth-order valence-corrected chi connectivity index (χ4v) is 2.82. The SMILES string of the molecule is O=C(Cl)c1ccc2c(c1)Cc1cccc(C(=O)Cl)c1-2. The molecule has 0 fully saturated rings. The third kappa shape index (κ3) is 1.97. The highest BCUT2D eigenvalue weighted by Gasteiger charge is 2.24. The lowest BCUT2D eigenvalue weighted by Gasteiger charge is -2.06. The molecule has 2 aromatic carbocycles. The Hall–Kier alpha value is -1.64. The van der Waals surface area contributed by atoms with E-state index in [-0.39, 0.29) is 0 Å². The Labute approximate surface area is 120 Å². The van der Waals surface area contributed by atoms with Gasteiger partial charge in [-0.05, 0) is 70.1 Å². The van der Waals surface area contributed by atoms with Gasteiger partial charge in [0.15, 0.2) is 0 Å². The van der Waals surface area contributed by atoms with Crippen LogP contribution in [0, 0.1) is 0 Å². The lowest BCUT2D eigenvalue weighted by atomic mass is 9.99. The molecule has 0 aromatic heterocycles. The molecule has 94 valence electrons. The first kappa shape index (κ1) is 12.4.